The molecule has 2 rings (SSSR count). The summed E-state index contributed by atoms with van der Waals surface area (Å²) in [7, 11) is 0. The van der Waals surface area contributed by atoms with Gasteiger partial charge in [-0.1, -0.05) is 36.3 Å². The second-order valence-electron chi connectivity index (χ2n) is 3.53. The van der Waals surface area contributed by atoms with Crippen LogP contribution in [0.25, 0.3) is 0 Å². The quantitative estimate of drug-likeness (QED) is 0.710. The molecule has 0 aliphatic rings. The van der Waals surface area contributed by atoms with Crippen LogP contribution in [-0.2, 0) is 0 Å². The molecule has 0 bridgehead atoms. The van der Waals surface area contributed by atoms with Crippen molar-refractivity contribution in [3.8, 4) is 23.3 Å². The Morgan fingerprint density at radius 2 is 1.71 bits per heavy atom. The molecule has 0 N–H and O–H groups in total. The van der Waals surface area contributed by atoms with Gasteiger partial charge >= 0.3 is 0 Å². The summed E-state index contributed by atoms with van der Waals surface area (Å²) in [5.74, 6) is 7.43. The zero-order valence-electron chi connectivity index (χ0n) is 9.68. The molecule has 0 aromatic heterocycles. The molecule has 0 atom stereocenters. The van der Waals surface area contributed by atoms with Gasteiger partial charge in [-0.25, -0.2) is 0 Å². The van der Waals surface area contributed by atoms with Crippen molar-refractivity contribution in [1.29, 1.82) is 0 Å². The lowest BCUT2D eigenvalue weighted by Gasteiger charge is -2.06. The first kappa shape index (κ1) is 11.3. The fourth-order valence-electron chi connectivity index (χ4n) is 1.45. The lowest BCUT2D eigenvalue weighted by atomic mass is 10.1. The third-order valence-corrected chi connectivity index (χ3v) is 2.22. The molecule has 0 fully saturated rings. The van der Waals surface area contributed by atoms with Crippen LogP contribution in [0.5, 0.6) is 11.5 Å². The van der Waals surface area contributed by atoms with Crippen molar-refractivity contribution in [2.75, 3.05) is 0 Å². The number of hydrogen-bond acceptors (Lipinski definition) is 1. The summed E-state index contributed by atoms with van der Waals surface area (Å²) in [6, 6.07) is 17.6. The lowest BCUT2D eigenvalue weighted by molar-refractivity contribution is 0.482. The molecule has 1 radical (unpaired) electrons. The number of hydrogen-bond donors (Lipinski definition) is 0. The maximum Gasteiger partial charge on any atom is 0.127 e. The van der Waals surface area contributed by atoms with Crippen LogP contribution < -0.4 is 4.74 Å². The van der Waals surface area contributed by atoms with Crippen molar-refractivity contribution in [2.45, 2.75) is 6.92 Å². The van der Waals surface area contributed by atoms with E-state index in [1.54, 1.807) is 0 Å². The van der Waals surface area contributed by atoms with Crippen molar-refractivity contribution >= 4 is 0 Å². The predicted octanol–water partition coefficient (Wildman–Crippen LogP) is 4.05. The molecular weight excluding hydrogens is 208 g/mol. The molecule has 83 valence electrons. The summed E-state index contributed by atoms with van der Waals surface area (Å²) in [5, 5.41) is 0. The average Bonchev–Trinajstić information content (AvgIpc) is 2.38. The van der Waals surface area contributed by atoms with Gasteiger partial charge in [0.1, 0.15) is 11.5 Å². The van der Waals surface area contributed by atoms with Gasteiger partial charge in [-0.15, -0.1) is 5.92 Å². The van der Waals surface area contributed by atoms with E-state index in [-0.39, 0.29) is 0 Å². The molecule has 0 saturated carbocycles. The minimum absolute atomic E-state index is 0.822. The van der Waals surface area contributed by atoms with Gasteiger partial charge in [0.25, 0.3) is 0 Å². The first-order chi connectivity index (χ1) is 8.38. The molecule has 0 aliphatic heterocycles. The Kier molecular flexibility index (Phi) is 3.83. The van der Waals surface area contributed by atoms with Crippen LogP contribution in [0, 0.1) is 18.3 Å². The Labute approximate surface area is 102 Å². The van der Waals surface area contributed by atoms with E-state index in [0.717, 1.165) is 17.1 Å². The van der Waals surface area contributed by atoms with Gasteiger partial charge in [0.15, 0.2) is 0 Å². The smallest absolute Gasteiger partial charge is 0.127 e. The van der Waals surface area contributed by atoms with E-state index >= 15 is 0 Å². The monoisotopic (exact) mass is 221 g/mol. The largest absolute Gasteiger partial charge is 0.457 e. The molecule has 0 amide bonds. The first-order valence-corrected chi connectivity index (χ1v) is 5.47. The van der Waals surface area contributed by atoms with Crippen LogP contribution in [-0.4, -0.2) is 0 Å². The van der Waals surface area contributed by atoms with E-state index in [2.05, 4.69) is 11.8 Å². The highest BCUT2D eigenvalue weighted by Crippen LogP contribution is 2.22. The SMILES string of the molecule is CC#C[CH]c1cccc(Oc2ccccc2)c1. The molecule has 2 aromatic rings. The Morgan fingerprint density at radius 3 is 2.47 bits per heavy atom. The first-order valence-electron chi connectivity index (χ1n) is 5.47. The van der Waals surface area contributed by atoms with Gasteiger partial charge in [-0.05, 0) is 36.8 Å². The van der Waals surface area contributed by atoms with Gasteiger partial charge in [-0.3, -0.25) is 0 Å². The highest BCUT2D eigenvalue weighted by molar-refractivity contribution is 5.39. The molecule has 0 aliphatic carbocycles. The highest BCUT2D eigenvalue weighted by Gasteiger charge is 1.97. The average molecular weight is 221 g/mol. The molecule has 1 nitrogen and oxygen atoms in total. The zero-order valence-corrected chi connectivity index (χ0v) is 9.68. The second kappa shape index (κ2) is 5.77. The zero-order chi connectivity index (χ0) is 11.9. The molecule has 0 heterocycles. The number of rotatable bonds is 3. The van der Waals surface area contributed by atoms with Crippen molar-refractivity contribution < 1.29 is 4.74 Å². The summed E-state index contributed by atoms with van der Waals surface area (Å²) in [5.41, 5.74) is 1.05. The van der Waals surface area contributed by atoms with E-state index < -0.39 is 0 Å². The topological polar surface area (TPSA) is 9.23 Å². The van der Waals surface area contributed by atoms with Crippen molar-refractivity contribution in [2.24, 2.45) is 0 Å². The number of para-hydroxylation sites is 1. The van der Waals surface area contributed by atoms with Crippen molar-refractivity contribution in [1.82, 2.24) is 0 Å². The van der Waals surface area contributed by atoms with Gasteiger partial charge in [0.2, 0.25) is 0 Å². The van der Waals surface area contributed by atoms with Crippen molar-refractivity contribution in [3.63, 3.8) is 0 Å². The molecule has 1 heteroatoms. The molecular formula is C16H13O. The lowest BCUT2D eigenvalue weighted by Crippen LogP contribution is -1.85. The Morgan fingerprint density at radius 1 is 0.941 bits per heavy atom. The van der Waals surface area contributed by atoms with E-state index in [0.29, 0.717) is 0 Å². The predicted molar refractivity (Wildman–Crippen MR) is 69.8 cm³/mol. The molecule has 17 heavy (non-hydrogen) atoms. The van der Waals surface area contributed by atoms with Crippen LogP contribution in [0.2, 0.25) is 0 Å². The van der Waals surface area contributed by atoms with Gasteiger partial charge in [-0.2, -0.15) is 0 Å². The second-order valence-corrected chi connectivity index (χ2v) is 3.53. The van der Waals surface area contributed by atoms with E-state index in [9.17, 15) is 0 Å². The molecule has 2 aromatic carbocycles. The van der Waals surface area contributed by atoms with Crippen LogP contribution >= 0.6 is 0 Å². The van der Waals surface area contributed by atoms with E-state index in [4.69, 9.17) is 4.74 Å². The Balaban J connectivity index is 2.13. The van der Waals surface area contributed by atoms with Crippen LogP contribution in [0.4, 0.5) is 0 Å². The minimum Gasteiger partial charge on any atom is -0.457 e. The maximum atomic E-state index is 5.73. The van der Waals surface area contributed by atoms with Crippen molar-refractivity contribution in [3.05, 3.63) is 66.6 Å². The van der Waals surface area contributed by atoms with Crippen LogP contribution in [0.3, 0.4) is 0 Å². The third-order valence-electron chi connectivity index (χ3n) is 2.22. The minimum atomic E-state index is 0.822. The highest BCUT2D eigenvalue weighted by atomic mass is 16.5. The van der Waals surface area contributed by atoms with Gasteiger partial charge < -0.3 is 4.74 Å². The molecule has 0 saturated heterocycles. The normalized spacial score (nSPS) is 9.24. The Hall–Kier alpha value is -2.20. The molecule has 0 unspecified atom stereocenters. The fraction of sp³-hybridized carbons (Fsp3) is 0.0625. The summed E-state index contributed by atoms with van der Waals surface area (Å²) in [6.45, 7) is 1.82. The van der Waals surface area contributed by atoms with Gasteiger partial charge in [0.05, 0.1) is 6.42 Å². The maximum absolute atomic E-state index is 5.73. The summed E-state index contributed by atoms with van der Waals surface area (Å²) >= 11 is 0. The standard InChI is InChI=1S/C16H13O/c1-2-3-8-14-9-7-12-16(13-14)17-15-10-5-4-6-11-15/h4-13H,1H3. The van der Waals surface area contributed by atoms with E-state index in [1.165, 1.54) is 0 Å². The fourth-order valence-corrected chi connectivity index (χ4v) is 1.45. The van der Waals surface area contributed by atoms with Crippen LogP contribution in [0.15, 0.2) is 54.6 Å². The van der Waals surface area contributed by atoms with Crippen LogP contribution in [0.1, 0.15) is 12.5 Å². The summed E-state index contributed by atoms with van der Waals surface area (Å²) in [6.07, 6.45) is 1.87. The summed E-state index contributed by atoms with van der Waals surface area (Å²) < 4.78 is 5.73. The van der Waals surface area contributed by atoms with E-state index in [1.807, 2.05) is 67.9 Å². The number of ether oxygens (including phenoxy) is 1. The van der Waals surface area contributed by atoms with Gasteiger partial charge in [0, 0.05) is 0 Å². The Bertz CT molecular complexity index is 532. The summed E-state index contributed by atoms with van der Waals surface area (Å²) in [4.78, 5) is 0. The molecule has 0 spiro atoms. The third kappa shape index (κ3) is 3.39. The number of benzene rings is 2.